The summed E-state index contributed by atoms with van der Waals surface area (Å²) >= 11 is 0. The van der Waals surface area contributed by atoms with Crippen LogP contribution >= 0.6 is 0 Å². The van der Waals surface area contributed by atoms with Gasteiger partial charge in [0.25, 0.3) is 0 Å². The zero-order valence-corrected chi connectivity index (χ0v) is 16.7. The Balaban J connectivity index is 1.84. The van der Waals surface area contributed by atoms with Gasteiger partial charge in [0.1, 0.15) is 0 Å². The van der Waals surface area contributed by atoms with Crippen LogP contribution in [0.4, 0.5) is 0 Å². The van der Waals surface area contributed by atoms with Crippen LogP contribution in [-0.4, -0.2) is 21.8 Å². The van der Waals surface area contributed by atoms with E-state index in [-0.39, 0.29) is 6.42 Å². The standard InChI is InChI=1S/C23H38O3/c1-3-4-9-15-23(2,26)16-14-21-19-13-12-18(17-19)20(21)10-7-5-6-8-11-22(24)25/h5,7,14,16,18-21,26H,3-4,6,8-13,15,17H2,1-2H3,(H,24,25)/b7-5-,16-14+/t18?,19?,20-,21-,23+/m0/s1. The molecule has 5 atom stereocenters. The number of carbonyl (C=O) groups is 1. The quantitative estimate of drug-likeness (QED) is 0.344. The summed E-state index contributed by atoms with van der Waals surface area (Å²) in [5.41, 5.74) is -0.672. The average molecular weight is 363 g/mol. The van der Waals surface area contributed by atoms with Gasteiger partial charge in [0.05, 0.1) is 5.60 Å². The second-order valence-corrected chi connectivity index (χ2v) is 8.74. The van der Waals surface area contributed by atoms with Crippen molar-refractivity contribution in [3.63, 3.8) is 0 Å². The predicted molar refractivity (Wildman–Crippen MR) is 107 cm³/mol. The molecular weight excluding hydrogens is 324 g/mol. The molecule has 2 fully saturated rings. The van der Waals surface area contributed by atoms with Crippen molar-refractivity contribution in [2.24, 2.45) is 23.7 Å². The molecule has 3 nitrogen and oxygen atoms in total. The molecule has 2 saturated carbocycles. The molecule has 2 aliphatic carbocycles. The molecule has 0 amide bonds. The van der Waals surface area contributed by atoms with Crippen molar-refractivity contribution in [1.82, 2.24) is 0 Å². The second-order valence-electron chi connectivity index (χ2n) is 8.74. The van der Waals surface area contributed by atoms with Crippen molar-refractivity contribution >= 4 is 5.97 Å². The lowest BCUT2D eigenvalue weighted by Gasteiger charge is -2.29. The molecule has 2 bridgehead atoms. The average Bonchev–Trinajstić information content (AvgIpc) is 3.17. The molecule has 2 N–H and O–H groups in total. The van der Waals surface area contributed by atoms with E-state index in [0.29, 0.717) is 11.8 Å². The number of fused-ring (bicyclic) bond motifs is 2. The molecule has 0 aromatic rings. The van der Waals surface area contributed by atoms with Crippen LogP contribution in [0, 0.1) is 23.7 Å². The summed E-state index contributed by atoms with van der Waals surface area (Å²) in [6, 6.07) is 0. The van der Waals surface area contributed by atoms with Crippen molar-refractivity contribution < 1.29 is 15.0 Å². The highest BCUT2D eigenvalue weighted by Crippen LogP contribution is 2.54. The molecule has 26 heavy (non-hydrogen) atoms. The van der Waals surface area contributed by atoms with Crippen molar-refractivity contribution in [3.8, 4) is 0 Å². The number of aliphatic hydroxyl groups is 1. The Kier molecular flexibility index (Phi) is 8.40. The molecule has 0 aromatic carbocycles. The van der Waals surface area contributed by atoms with Crippen LogP contribution in [0.2, 0.25) is 0 Å². The van der Waals surface area contributed by atoms with E-state index < -0.39 is 11.6 Å². The molecule has 0 saturated heterocycles. The van der Waals surface area contributed by atoms with E-state index in [1.165, 1.54) is 32.1 Å². The molecular formula is C23H38O3. The number of aliphatic carboxylic acids is 1. The summed E-state index contributed by atoms with van der Waals surface area (Å²) in [6.45, 7) is 4.14. The fraction of sp³-hybridized carbons (Fsp3) is 0.783. The van der Waals surface area contributed by atoms with E-state index in [1.54, 1.807) is 0 Å². The molecule has 2 rings (SSSR count). The number of allylic oxidation sites excluding steroid dienone is 3. The van der Waals surface area contributed by atoms with Gasteiger partial charge in [-0.15, -0.1) is 0 Å². The fourth-order valence-corrected chi connectivity index (χ4v) is 4.98. The Bertz CT molecular complexity index is 492. The Hall–Kier alpha value is -1.09. The van der Waals surface area contributed by atoms with Gasteiger partial charge in [-0.3, -0.25) is 4.79 Å². The SMILES string of the molecule is CCCCC[C@@](C)(O)/C=C/[C@H]1C2CCC(C2)[C@@H]1C/C=C\CCCC(=O)O. The van der Waals surface area contributed by atoms with Gasteiger partial charge < -0.3 is 10.2 Å². The van der Waals surface area contributed by atoms with E-state index in [4.69, 9.17) is 5.11 Å². The Morgan fingerprint density at radius 2 is 1.92 bits per heavy atom. The molecule has 148 valence electrons. The van der Waals surface area contributed by atoms with E-state index in [9.17, 15) is 9.90 Å². The fourth-order valence-electron chi connectivity index (χ4n) is 4.98. The van der Waals surface area contributed by atoms with Gasteiger partial charge in [-0.25, -0.2) is 0 Å². The third-order valence-corrected chi connectivity index (χ3v) is 6.46. The normalized spacial score (nSPS) is 30.4. The van der Waals surface area contributed by atoms with Gasteiger partial charge in [0, 0.05) is 6.42 Å². The highest BCUT2D eigenvalue weighted by molar-refractivity contribution is 5.66. The van der Waals surface area contributed by atoms with Gasteiger partial charge in [-0.05, 0) is 75.5 Å². The molecule has 0 spiro atoms. The summed E-state index contributed by atoms with van der Waals surface area (Å²) in [7, 11) is 0. The highest BCUT2D eigenvalue weighted by atomic mass is 16.4. The van der Waals surface area contributed by atoms with E-state index in [2.05, 4.69) is 31.2 Å². The van der Waals surface area contributed by atoms with Gasteiger partial charge in [0.15, 0.2) is 0 Å². The van der Waals surface area contributed by atoms with Crippen LogP contribution in [-0.2, 0) is 4.79 Å². The summed E-state index contributed by atoms with van der Waals surface area (Å²) in [5, 5.41) is 19.3. The third kappa shape index (κ3) is 6.57. The van der Waals surface area contributed by atoms with Crippen LogP contribution in [0.25, 0.3) is 0 Å². The van der Waals surface area contributed by atoms with Crippen molar-refractivity contribution in [2.75, 3.05) is 0 Å². The lowest BCUT2D eigenvalue weighted by Crippen LogP contribution is -2.24. The topological polar surface area (TPSA) is 57.5 Å². The molecule has 2 aliphatic rings. The summed E-state index contributed by atoms with van der Waals surface area (Å²) in [5.74, 6) is 2.24. The molecule has 0 aliphatic heterocycles. The summed E-state index contributed by atoms with van der Waals surface area (Å²) in [4.78, 5) is 10.6. The molecule has 3 heteroatoms. The van der Waals surface area contributed by atoms with Crippen molar-refractivity contribution in [1.29, 1.82) is 0 Å². The predicted octanol–water partition coefficient (Wildman–Crippen LogP) is 5.74. The zero-order valence-electron chi connectivity index (χ0n) is 16.7. The highest BCUT2D eigenvalue weighted by Gasteiger charge is 2.45. The van der Waals surface area contributed by atoms with Crippen LogP contribution in [0.15, 0.2) is 24.3 Å². The van der Waals surface area contributed by atoms with Crippen molar-refractivity contribution in [2.45, 2.75) is 90.1 Å². The maximum Gasteiger partial charge on any atom is 0.303 e. The summed E-state index contributed by atoms with van der Waals surface area (Å²) in [6.07, 6.45) is 20.2. The lowest BCUT2D eigenvalue weighted by atomic mass is 9.76. The maximum absolute atomic E-state index is 10.6. The van der Waals surface area contributed by atoms with E-state index in [1.807, 2.05) is 6.92 Å². The minimum atomic E-state index is -0.706. The largest absolute Gasteiger partial charge is 0.481 e. The lowest BCUT2D eigenvalue weighted by molar-refractivity contribution is -0.137. The first-order valence-corrected chi connectivity index (χ1v) is 10.7. The number of hydrogen-bond acceptors (Lipinski definition) is 2. The first kappa shape index (κ1) is 21.2. The number of rotatable bonds is 12. The number of carboxylic acid groups (broad SMARTS) is 1. The van der Waals surface area contributed by atoms with Gasteiger partial charge in [-0.1, -0.05) is 50.5 Å². The smallest absolute Gasteiger partial charge is 0.303 e. The number of carboxylic acids is 1. The van der Waals surface area contributed by atoms with Gasteiger partial charge >= 0.3 is 5.97 Å². The van der Waals surface area contributed by atoms with Gasteiger partial charge in [0.2, 0.25) is 0 Å². The third-order valence-electron chi connectivity index (χ3n) is 6.46. The van der Waals surface area contributed by atoms with Crippen molar-refractivity contribution in [3.05, 3.63) is 24.3 Å². The number of hydrogen-bond donors (Lipinski definition) is 2. The Morgan fingerprint density at radius 1 is 1.15 bits per heavy atom. The van der Waals surface area contributed by atoms with Crippen LogP contribution in [0.3, 0.4) is 0 Å². The number of unbranched alkanes of at least 4 members (excludes halogenated alkanes) is 3. The van der Waals surface area contributed by atoms with Crippen LogP contribution in [0.5, 0.6) is 0 Å². The second kappa shape index (κ2) is 10.3. The van der Waals surface area contributed by atoms with E-state index >= 15 is 0 Å². The minimum Gasteiger partial charge on any atom is -0.481 e. The Labute approximate surface area is 159 Å². The monoisotopic (exact) mass is 362 g/mol. The van der Waals surface area contributed by atoms with E-state index in [0.717, 1.165) is 43.9 Å². The zero-order chi connectivity index (χ0) is 19.0. The summed E-state index contributed by atoms with van der Waals surface area (Å²) < 4.78 is 0. The minimum absolute atomic E-state index is 0.261. The van der Waals surface area contributed by atoms with Crippen LogP contribution < -0.4 is 0 Å². The molecule has 0 aromatic heterocycles. The molecule has 0 heterocycles. The molecule has 2 unspecified atom stereocenters. The van der Waals surface area contributed by atoms with Gasteiger partial charge in [-0.2, -0.15) is 0 Å². The Morgan fingerprint density at radius 3 is 2.65 bits per heavy atom. The first-order chi connectivity index (χ1) is 12.4. The van der Waals surface area contributed by atoms with Crippen LogP contribution in [0.1, 0.15) is 84.5 Å². The molecule has 0 radical (unpaired) electrons. The first-order valence-electron chi connectivity index (χ1n) is 10.7. The maximum atomic E-state index is 10.6.